The normalized spacial score (nSPS) is 23.3. The zero-order valence-electron chi connectivity index (χ0n) is 10.4. The van der Waals surface area contributed by atoms with E-state index in [-0.39, 0.29) is 11.9 Å². The molecule has 0 aliphatic heterocycles. The SMILES string of the molecule is CC(C)(C)OC(=O)[C@H]1C[C@H]1c1ccc(Cl)cc1. The van der Waals surface area contributed by atoms with Crippen molar-refractivity contribution in [3.8, 4) is 0 Å². The molecule has 3 heteroatoms. The highest BCUT2D eigenvalue weighted by molar-refractivity contribution is 6.30. The summed E-state index contributed by atoms with van der Waals surface area (Å²) in [5.74, 6) is 0.245. The van der Waals surface area contributed by atoms with E-state index in [1.165, 1.54) is 5.56 Å². The molecule has 1 aromatic rings. The molecule has 1 aliphatic carbocycles. The predicted molar refractivity (Wildman–Crippen MR) is 68.1 cm³/mol. The second kappa shape index (κ2) is 4.34. The molecular formula is C14H17ClO2. The number of esters is 1. The van der Waals surface area contributed by atoms with Crippen LogP contribution in [0.25, 0.3) is 0 Å². The first-order chi connectivity index (χ1) is 7.87. The average molecular weight is 253 g/mol. The van der Waals surface area contributed by atoms with Crippen molar-refractivity contribution < 1.29 is 9.53 Å². The minimum Gasteiger partial charge on any atom is -0.460 e. The van der Waals surface area contributed by atoms with Gasteiger partial charge in [-0.25, -0.2) is 0 Å². The summed E-state index contributed by atoms with van der Waals surface area (Å²) in [6.07, 6.45) is 0.885. The Hall–Kier alpha value is -1.02. The van der Waals surface area contributed by atoms with Crippen LogP contribution in [0.4, 0.5) is 0 Å². The van der Waals surface area contributed by atoms with Gasteiger partial charge >= 0.3 is 5.97 Å². The summed E-state index contributed by atoms with van der Waals surface area (Å²) >= 11 is 5.83. The monoisotopic (exact) mass is 252 g/mol. The van der Waals surface area contributed by atoms with E-state index >= 15 is 0 Å². The molecule has 0 heterocycles. The number of carbonyl (C=O) groups is 1. The fraction of sp³-hybridized carbons (Fsp3) is 0.500. The van der Waals surface area contributed by atoms with E-state index in [0.29, 0.717) is 5.92 Å². The van der Waals surface area contributed by atoms with Gasteiger partial charge in [0.1, 0.15) is 5.60 Å². The lowest BCUT2D eigenvalue weighted by Crippen LogP contribution is -2.25. The molecule has 0 bridgehead atoms. The number of benzene rings is 1. The molecule has 1 aromatic carbocycles. The zero-order valence-corrected chi connectivity index (χ0v) is 11.1. The van der Waals surface area contributed by atoms with Gasteiger partial charge in [-0.3, -0.25) is 4.79 Å². The first-order valence-electron chi connectivity index (χ1n) is 5.85. The summed E-state index contributed by atoms with van der Waals surface area (Å²) in [7, 11) is 0. The minimum absolute atomic E-state index is 0.0235. The highest BCUT2D eigenvalue weighted by Gasteiger charge is 2.46. The lowest BCUT2D eigenvalue weighted by molar-refractivity contribution is -0.156. The van der Waals surface area contributed by atoms with Gasteiger partial charge in [-0.05, 0) is 50.8 Å². The molecular weight excluding hydrogens is 236 g/mol. The van der Waals surface area contributed by atoms with Crippen LogP contribution >= 0.6 is 11.6 Å². The highest BCUT2D eigenvalue weighted by atomic mass is 35.5. The zero-order chi connectivity index (χ0) is 12.6. The van der Waals surface area contributed by atoms with Crippen molar-refractivity contribution in [3.05, 3.63) is 34.9 Å². The van der Waals surface area contributed by atoms with Crippen LogP contribution in [0.1, 0.15) is 38.7 Å². The van der Waals surface area contributed by atoms with Crippen molar-refractivity contribution in [2.45, 2.75) is 38.7 Å². The van der Waals surface area contributed by atoms with E-state index in [9.17, 15) is 4.79 Å². The summed E-state index contributed by atoms with van der Waals surface area (Å²) < 4.78 is 5.37. The summed E-state index contributed by atoms with van der Waals surface area (Å²) in [6.45, 7) is 5.68. The molecule has 1 saturated carbocycles. The van der Waals surface area contributed by atoms with Crippen LogP contribution in [-0.2, 0) is 9.53 Å². The Bertz CT molecular complexity index is 417. The van der Waals surface area contributed by atoms with Gasteiger partial charge in [-0.15, -0.1) is 0 Å². The van der Waals surface area contributed by atoms with Gasteiger partial charge in [0.15, 0.2) is 0 Å². The standard InChI is InChI=1S/C14H17ClO2/c1-14(2,3)17-13(16)12-8-11(12)9-4-6-10(15)7-5-9/h4-7,11-12H,8H2,1-3H3/t11-,12-/m0/s1. The van der Waals surface area contributed by atoms with Gasteiger partial charge < -0.3 is 4.74 Å². The number of hydrogen-bond acceptors (Lipinski definition) is 2. The van der Waals surface area contributed by atoms with E-state index in [1.807, 2.05) is 45.0 Å². The van der Waals surface area contributed by atoms with Gasteiger partial charge in [-0.2, -0.15) is 0 Å². The molecule has 0 amide bonds. The first kappa shape index (κ1) is 12.4. The second-order valence-electron chi connectivity index (χ2n) is 5.53. The predicted octanol–water partition coefficient (Wildman–Crippen LogP) is 3.79. The smallest absolute Gasteiger partial charge is 0.310 e. The van der Waals surface area contributed by atoms with Crippen LogP contribution in [0, 0.1) is 5.92 Å². The van der Waals surface area contributed by atoms with Gasteiger partial charge in [0.2, 0.25) is 0 Å². The molecule has 0 N–H and O–H groups in total. The second-order valence-corrected chi connectivity index (χ2v) is 5.97. The minimum atomic E-state index is -0.399. The van der Waals surface area contributed by atoms with Crippen molar-refractivity contribution in [2.75, 3.05) is 0 Å². The Morgan fingerprint density at radius 3 is 2.41 bits per heavy atom. The van der Waals surface area contributed by atoms with E-state index in [4.69, 9.17) is 16.3 Å². The van der Waals surface area contributed by atoms with Gasteiger partial charge in [-0.1, -0.05) is 23.7 Å². The van der Waals surface area contributed by atoms with Crippen LogP contribution in [0.3, 0.4) is 0 Å². The van der Waals surface area contributed by atoms with Crippen LogP contribution < -0.4 is 0 Å². The fourth-order valence-corrected chi connectivity index (χ4v) is 2.04. The molecule has 2 nitrogen and oxygen atoms in total. The van der Waals surface area contributed by atoms with Crippen LogP contribution in [0.5, 0.6) is 0 Å². The van der Waals surface area contributed by atoms with Gasteiger partial charge in [0.25, 0.3) is 0 Å². The number of hydrogen-bond donors (Lipinski definition) is 0. The Morgan fingerprint density at radius 1 is 1.29 bits per heavy atom. The Balaban J connectivity index is 1.96. The van der Waals surface area contributed by atoms with Crippen LogP contribution in [0.15, 0.2) is 24.3 Å². The average Bonchev–Trinajstić information content (AvgIpc) is 2.96. The third-order valence-corrected chi connectivity index (χ3v) is 3.05. The van der Waals surface area contributed by atoms with Crippen LogP contribution in [-0.4, -0.2) is 11.6 Å². The Labute approximate surface area is 107 Å². The van der Waals surface area contributed by atoms with E-state index in [0.717, 1.165) is 11.4 Å². The fourth-order valence-electron chi connectivity index (χ4n) is 1.91. The maximum Gasteiger partial charge on any atom is 0.310 e. The summed E-state index contributed by atoms with van der Waals surface area (Å²) in [5.41, 5.74) is 0.773. The van der Waals surface area contributed by atoms with Crippen molar-refractivity contribution in [2.24, 2.45) is 5.92 Å². The van der Waals surface area contributed by atoms with Crippen molar-refractivity contribution >= 4 is 17.6 Å². The van der Waals surface area contributed by atoms with Gasteiger partial charge in [0, 0.05) is 5.02 Å². The van der Waals surface area contributed by atoms with E-state index in [2.05, 4.69) is 0 Å². The van der Waals surface area contributed by atoms with E-state index in [1.54, 1.807) is 0 Å². The molecule has 0 radical (unpaired) electrons. The highest BCUT2D eigenvalue weighted by Crippen LogP contribution is 2.48. The molecule has 0 spiro atoms. The van der Waals surface area contributed by atoms with Crippen molar-refractivity contribution in [1.29, 1.82) is 0 Å². The number of rotatable bonds is 2. The maximum absolute atomic E-state index is 11.8. The Morgan fingerprint density at radius 2 is 1.88 bits per heavy atom. The molecule has 0 aromatic heterocycles. The Kier molecular flexibility index (Phi) is 3.17. The topological polar surface area (TPSA) is 26.3 Å². The molecule has 2 atom stereocenters. The third-order valence-electron chi connectivity index (χ3n) is 2.80. The third kappa shape index (κ3) is 3.22. The molecule has 92 valence electrons. The summed E-state index contributed by atoms with van der Waals surface area (Å²) in [6, 6.07) is 7.69. The van der Waals surface area contributed by atoms with Crippen LogP contribution in [0.2, 0.25) is 5.02 Å². The maximum atomic E-state index is 11.8. The molecule has 17 heavy (non-hydrogen) atoms. The molecule has 0 unspecified atom stereocenters. The largest absolute Gasteiger partial charge is 0.460 e. The number of halogens is 1. The molecule has 0 saturated heterocycles. The number of carbonyl (C=O) groups excluding carboxylic acids is 1. The van der Waals surface area contributed by atoms with Crippen molar-refractivity contribution in [3.63, 3.8) is 0 Å². The van der Waals surface area contributed by atoms with E-state index < -0.39 is 5.60 Å². The summed E-state index contributed by atoms with van der Waals surface area (Å²) in [4.78, 5) is 11.8. The quantitative estimate of drug-likeness (QED) is 0.749. The lowest BCUT2D eigenvalue weighted by Gasteiger charge is -2.19. The molecule has 1 fully saturated rings. The first-order valence-corrected chi connectivity index (χ1v) is 6.23. The molecule has 2 rings (SSSR count). The van der Waals surface area contributed by atoms with Crippen molar-refractivity contribution in [1.82, 2.24) is 0 Å². The number of ether oxygens (including phenoxy) is 1. The molecule has 1 aliphatic rings. The van der Waals surface area contributed by atoms with Gasteiger partial charge in [0.05, 0.1) is 5.92 Å². The summed E-state index contributed by atoms with van der Waals surface area (Å²) in [5, 5.41) is 0.725. The lowest BCUT2D eigenvalue weighted by atomic mass is 10.1.